The molecule has 0 aromatic carbocycles. The minimum atomic E-state index is -5.08. The fraction of sp³-hybridized carbons (Fsp3) is 0.514. The lowest BCUT2D eigenvalue weighted by molar-refractivity contribution is -0.193. The Labute approximate surface area is 351 Å². The van der Waals surface area contributed by atoms with Gasteiger partial charge in [0.2, 0.25) is 11.7 Å². The van der Waals surface area contributed by atoms with Gasteiger partial charge in [-0.15, -0.1) is 0 Å². The Kier molecular flexibility index (Phi) is 15.8. The molecule has 64 heavy (non-hydrogen) atoms. The van der Waals surface area contributed by atoms with E-state index in [0.717, 1.165) is 48.0 Å². The summed E-state index contributed by atoms with van der Waals surface area (Å²) in [5.74, 6) is -9.46. The van der Waals surface area contributed by atoms with Gasteiger partial charge in [-0.05, 0) is 44.6 Å². The number of rotatable bonds is 9. The van der Waals surface area contributed by atoms with E-state index in [1.165, 1.54) is 12.4 Å². The van der Waals surface area contributed by atoms with Crippen molar-refractivity contribution in [2.24, 2.45) is 0 Å². The van der Waals surface area contributed by atoms with Crippen LogP contribution in [0.4, 0.5) is 52.7 Å². The minimum absolute atomic E-state index is 0.0227. The summed E-state index contributed by atoms with van der Waals surface area (Å²) in [6, 6.07) is 6.45. The van der Waals surface area contributed by atoms with E-state index < -0.39 is 54.0 Å². The van der Waals surface area contributed by atoms with E-state index in [1.807, 2.05) is 23.1 Å². The van der Waals surface area contributed by atoms with Crippen LogP contribution in [0.3, 0.4) is 0 Å². The molecular formula is C35H34F12N10O7. The molecule has 0 bridgehead atoms. The fourth-order valence-corrected chi connectivity index (χ4v) is 6.25. The van der Waals surface area contributed by atoms with Crippen LogP contribution in [0, 0.1) is 11.3 Å². The Hall–Kier alpha value is -6.31. The summed E-state index contributed by atoms with van der Waals surface area (Å²) >= 11 is 0. The van der Waals surface area contributed by atoms with Crippen molar-refractivity contribution in [1.29, 1.82) is 5.26 Å². The second-order valence-corrected chi connectivity index (χ2v) is 14.2. The van der Waals surface area contributed by atoms with Crippen LogP contribution >= 0.6 is 0 Å². The van der Waals surface area contributed by atoms with Gasteiger partial charge in [0.25, 0.3) is 0 Å². The maximum Gasteiger partial charge on any atom is 0.490 e. The van der Waals surface area contributed by atoms with Crippen molar-refractivity contribution in [2.45, 2.75) is 99.9 Å². The van der Waals surface area contributed by atoms with Gasteiger partial charge in [-0.3, -0.25) is 9.58 Å². The van der Waals surface area contributed by atoms with Crippen molar-refractivity contribution in [3.63, 3.8) is 0 Å². The van der Waals surface area contributed by atoms with Gasteiger partial charge in [0.05, 0.1) is 30.1 Å². The molecule has 7 rings (SSSR count). The molecule has 2 saturated carbocycles. The minimum Gasteiger partial charge on any atom is -0.475 e. The number of aromatic nitrogens is 7. The molecule has 0 radical (unpaired) electrons. The second-order valence-electron chi connectivity index (χ2n) is 14.2. The van der Waals surface area contributed by atoms with E-state index in [4.69, 9.17) is 34.4 Å². The van der Waals surface area contributed by atoms with Crippen LogP contribution in [-0.4, -0.2) is 123 Å². The highest BCUT2D eigenvalue weighted by Gasteiger charge is 2.48. The Morgan fingerprint density at radius 3 is 1.92 bits per heavy atom. The van der Waals surface area contributed by atoms with Crippen LogP contribution in [-0.2, 0) is 32.6 Å². The van der Waals surface area contributed by atoms with Crippen LogP contribution < -0.4 is 10.1 Å². The fourth-order valence-electron chi connectivity index (χ4n) is 6.25. The average Bonchev–Trinajstić information content (AvgIpc) is 3.64. The van der Waals surface area contributed by atoms with E-state index in [-0.39, 0.29) is 24.2 Å². The monoisotopic (exact) mass is 934 g/mol. The molecule has 29 heteroatoms. The molecule has 1 saturated heterocycles. The van der Waals surface area contributed by atoms with Crippen LogP contribution in [0.25, 0.3) is 22.3 Å². The highest BCUT2D eigenvalue weighted by Crippen LogP contribution is 2.39. The number of nitrogens with zero attached hydrogens (tertiary/aromatic N) is 8. The quantitative estimate of drug-likeness (QED) is 0.119. The first-order valence-corrected chi connectivity index (χ1v) is 18.3. The Balaban J connectivity index is 0.000000355. The van der Waals surface area contributed by atoms with Crippen LogP contribution in [0.5, 0.6) is 5.88 Å². The normalized spacial score (nSPS) is 18.7. The van der Waals surface area contributed by atoms with Crippen molar-refractivity contribution < 1.29 is 87.1 Å². The molecule has 0 unspecified atom stereocenters. The van der Waals surface area contributed by atoms with Gasteiger partial charge in [-0.2, -0.15) is 68.0 Å². The first-order chi connectivity index (χ1) is 29.6. The maximum atomic E-state index is 13.5. The number of aliphatic carboxylic acids is 3. The third kappa shape index (κ3) is 14.1. The van der Waals surface area contributed by atoms with Gasteiger partial charge in [-0.1, -0.05) is 0 Å². The number of alkyl halides is 12. The molecule has 2 aliphatic carbocycles. The number of carbonyl (C=O) groups is 3. The Morgan fingerprint density at radius 1 is 0.859 bits per heavy atom. The molecular weight excluding hydrogens is 900 g/mol. The lowest BCUT2D eigenvalue weighted by atomic mass is 9.82. The Morgan fingerprint density at radius 2 is 1.42 bits per heavy atom. The van der Waals surface area contributed by atoms with E-state index >= 15 is 0 Å². The summed E-state index contributed by atoms with van der Waals surface area (Å²) in [6.45, 7) is 1.64. The zero-order chi connectivity index (χ0) is 47.8. The first-order valence-electron chi connectivity index (χ1n) is 18.3. The Bertz CT molecular complexity index is 2220. The number of hydrogen-bond acceptors (Lipinski definition) is 12. The van der Waals surface area contributed by atoms with Crippen LogP contribution in [0.15, 0.2) is 37.1 Å². The molecule has 17 nitrogen and oxygen atoms in total. The topological polar surface area (TPSA) is 245 Å². The van der Waals surface area contributed by atoms with Crippen molar-refractivity contribution in [1.82, 2.24) is 44.9 Å². The second kappa shape index (κ2) is 20.0. The summed E-state index contributed by atoms with van der Waals surface area (Å²) in [4.78, 5) is 48.3. The SMILES string of the molecule is N#CCC1(n2cc(-c3ncnc4[nH]ccc34)cn2)CN([C@H]2CC[C@@H](Oc3cc(CNC4CC4)nc(C(F)(F)F)n3)CC2)C1.O=C(O)C(F)(F)F.O=C(O)C(F)(F)F.O=C(O)C(F)(F)F. The predicted octanol–water partition coefficient (Wildman–Crippen LogP) is 6.10. The number of halogens is 12. The molecule has 1 aliphatic heterocycles. The van der Waals surface area contributed by atoms with Crippen molar-refractivity contribution >= 4 is 28.9 Å². The molecule has 4 aromatic heterocycles. The summed E-state index contributed by atoms with van der Waals surface area (Å²) < 4.78 is 143. The first kappa shape index (κ1) is 50.3. The lowest BCUT2D eigenvalue weighted by Crippen LogP contribution is -2.65. The van der Waals surface area contributed by atoms with E-state index in [0.29, 0.717) is 44.4 Å². The molecule has 0 amide bonds. The van der Waals surface area contributed by atoms with Gasteiger partial charge >= 0.3 is 42.6 Å². The number of H-pyrrole nitrogens is 1. The summed E-state index contributed by atoms with van der Waals surface area (Å²) in [6.07, 6.45) is -7.52. The lowest BCUT2D eigenvalue weighted by Gasteiger charge is -2.53. The van der Waals surface area contributed by atoms with Gasteiger partial charge in [0.15, 0.2) is 0 Å². The van der Waals surface area contributed by atoms with E-state index in [1.54, 1.807) is 6.20 Å². The van der Waals surface area contributed by atoms with Crippen molar-refractivity contribution in [3.05, 3.63) is 48.6 Å². The number of nitrogens with one attached hydrogen (secondary N) is 2. The summed E-state index contributed by atoms with van der Waals surface area (Å²) in [5.41, 5.74) is 2.27. The average molecular weight is 935 g/mol. The van der Waals surface area contributed by atoms with Gasteiger partial charge in [0.1, 0.15) is 23.6 Å². The third-order valence-corrected chi connectivity index (χ3v) is 9.43. The highest BCUT2D eigenvalue weighted by molar-refractivity contribution is 5.90. The number of likely N-dealkylation sites (tertiary alicyclic amines) is 1. The molecule has 3 aliphatic rings. The van der Waals surface area contributed by atoms with Crippen LogP contribution in [0.1, 0.15) is 56.5 Å². The molecule has 5 heterocycles. The zero-order valence-electron chi connectivity index (χ0n) is 32.4. The number of carboxylic acid groups (broad SMARTS) is 3. The third-order valence-electron chi connectivity index (χ3n) is 9.43. The molecule has 0 atom stereocenters. The van der Waals surface area contributed by atoms with Gasteiger partial charge < -0.3 is 30.4 Å². The smallest absolute Gasteiger partial charge is 0.475 e. The van der Waals surface area contributed by atoms with E-state index in [2.05, 4.69) is 46.3 Å². The van der Waals surface area contributed by atoms with Crippen LogP contribution in [0.2, 0.25) is 0 Å². The van der Waals surface area contributed by atoms with Gasteiger partial charge in [0, 0.05) is 61.1 Å². The molecule has 3 fully saturated rings. The predicted molar refractivity (Wildman–Crippen MR) is 190 cm³/mol. The van der Waals surface area contributed by atoms with E-state index in [9.17, 15) is 57.9 Å². The largest absolute Gasteiger partial charge is 0.490 e. The van der Waals surface area contributed by atoms with Gasteiger partial charge in [-0.25, -0.2) is 29.3 Å². The zero-order valence-corrected chi connectivity index (χ0v) is 32.4. The molecule has 5 N–H and O–H groups in total. The highest BCUT2D eigenvalue weighted by atomic mass is 19.4. The van der Waals surface area contributed by atoms with Crippen molar-refractivity contribution in [3.8, 4) is 23.2 Å². The number of nitriles is 1. The maximum absolute atomic E-state index is 13.5. The summed E-state index contributed by atoms with van der Waals surface area (Å²) in [7, 11) is 0. The molecule has 350 valence electrons. The number of ether oxygens (including phenoxy) is 1. The number of aromatic amines is 1. The summed E-state index contributed by atoms with van der Waals surface area (Å²) in [5, 5.41) is 39.8. The van der Waals surface area contributed by atoms with Crippen molar-refractivity contribution in [2.75, 3.05) is 13.1 Å². The number of fused-ring (bicyclic) bond motifs is 1. The number of carboxylic acids is 3. The number of hydrogen-bond donors (Lipinski definition) is 5. The molecule has 4 aromatic rings. The standard InChI is InChI=1S/C29H31F3N10O.3C2HF3O2/c30-29(31,32)27-39-20(13-35-19-1-2-19)11-24(40-27)43-22-5-3-21(4-6-22)41-15-28(16-41,8-9-33)42-14-18(12-38-42)25-23-7-10-34-26(23)37-17-36-25;3*3-2(4,5)1(6)7/h7,10-12,14,17,19,21-22,35H,1-6,8,13,15-16H2,(H,34,36,37);3*(H,6,7)/t21-,22+;;;. The molecule has 0 spiro atoms.